The van der Waals surface area contributed by atoms with Crippen LogP contribution in [0.2, 0.25) is 0 Å². The van der Waals surface area contributed by atoms with E-state index < -0.39 is 17.9 Å². The molecule has 0 fully saturated rings. The Morgan fingerprint density at radius 1 is 1.27 bits per heavy atom. The van der Waals surface area contributed by atoms with E-state index in [2.05, 4.69) is 5.32 Å². The number of fused-ring (bicyclic) bond motifs is 1. The van der Waals surface area contributed by atoms with Gasteiger partial charge >= 0.3 is 5.97 Å². The third-order valence-corrected chi connectivity index (χ3v) is 3.68. The van der Waals surface area contributed by atoms with Crippen LogP contribution in [0.1, 0.15) is 41.9 Å². The molecule has 1 atom stereocenters. The standard InChI is InChI=1S/C17H21NO4/c1-9(2)8-13(17(20)21)18-16(19)15-11(4)12-7-5-6-10(3)14(12)22-15/h5-7,9,13H,8H2,1-4H3,(H,18,19)(H,20,21). The van der Waals surface area contributed by atoms with Gasteiger partial charge in [0.25, 0.3) is 5.91 Å². The highest BCUT2D eigenvalue weighted by Crippen LogP contribution is 2.27. The van der Waals surface area contributed by atoms with Crippen molar-refractivity contribution in [2.24, 2.45) is 5.92 Å². The molecule has 2 N–H and O–H groups in total. The third-order valence-electron chi connectivity index (χ3n) is 3.68. The van der Waals surface area contributed by atoms with Crippen molar-refractivity contribution >= 4 is 22.8 Å². The molecule has 1 aromatic carbocycles. The molecule has 22 heavy (non-hydrogen) atoms. The van der Waals surface area contributed by atoms with E-state index in [0.717, 1.165) is 16.5 Å². The number of carboxylic acids is 1. The van der Waals surface area contributed by atoms with Gasteiger partial charge in [0, 0.05) is 10.9 Å². The highest BCUT2D eigenvalue weighted by molar-refractivity contribution is 6.00. The zero-order chi connectivity index (χ0) is 16.4. The molecule has 2 rings (SSSR count). The number of furan rings is 1. The molecule has 0 saturated heterocycles. The van der Waals surface area contributed by atoms with Crippen LogP contribution in [0.4, 0.5) is 0 Å². The molecule has 0 aliphatic rings. The predicted octanol–water partition coefficient (Wildman–Crippen LogP) is 3.28. The monoisotopic (exact) mass is 303 g/mol. The zero-order valence-electron chi connectivity index (χ0n) is 13.3. The minimum absolute atomic E-state index is 0.167. The molecule has 5 nitrogen and oxygen atoms in total. The fourth-order valence-electron chi connectivity index (χ4n) is 2.52. The summed E-state index contributed by atoms with van der Waals surface area (Å²) in [5, 5.41) is 12.7. The Morgan fingerprint density at radius 2 is 1.95 bits per heavy atom. The summed E-state index contributed by atoms with van der Waals surface area (Å²) in [6.07, 6.45) is 0.374. The number of amides is 1. The summed E-state index contributed by atoms with van der Waals surface area (Å²) < 4.78 is 5.67. The van der Waals surface area contributed by atoms with E-state index in [1.807, 2.05) is 39.0 Å². The van der Waals surface area contributed by atoms with Crippen LogP contribution in [-0.2, 0) is 4.79 Å². The fourth-order valence-corrected chi connectivity index (χ4v) is 2.52. The van der Waals surface area contributed by atoms with Crippen LogP contribution in [0.25, 0.3) is 11.0 Å². The van der Waals surface area contributed by atoms with Crippen LogP contribution in [0, 0.1) is 19.8 Å². The van der Waals surface area contributed by atoms with Crippen molar-refractivity contribution in [1.29, 1.82) is 0 Å². The Hall–Kier alpha value is -2.30. The van der Waals surface area contributed by atoms with Gasteiger partial charge in [-0.3, -0.25) is 4.79 Å². The summed E-state index contributed by atoms with van der Waals surface area (Å²) in [6, 6.07) is 4.79. The second kappa shape index (κ2) is 6.22. The lowest BCUT2D eigenvalue weighted by atomic mass is 10.0. The maximum Gasteiger partial charge on any atom is 0.326 e. The van der Waals surface area contributed by atoms with Crippen LogP contribution in [0.5, 0.6) is 0 Å². The van der Waals surface area contributed by atoms with Crippen molar-refractivity contribution < 1.29 is 19.1 Å². The number of para-hydroxylation sites is 1. The van der Waals surface area contributed by atoms with Gasteiger partial charge in [-0.2, -0.15) is 0 Å². The highest BCUT2D eigenvalue weighted by Gasteiger charge is 2.25. The maximum absolute atomic E-state index is 12.4. The van der Waals surface area contributed by atoms with E-state index in [1.54, 1.807) is 6.92 Å². The van der Waals surface area contributed by atoms with Crippen molar-refractivity contribution in [2.75, 3.05) is 0 Å². The predicted molar refractivity (Wildman–Crippen MR) is 84.0 cm³/mol. The van der Waals surface area contributed by atoms with Crippen molar-refractivity contribution in [3.05, 3.63) is 35.1 Å². The van der Waals surface area contributed by atoms with Gasteiger partial charge in [0.1, 0.15) is 11.6 Å². The number of carboxylic acid groups (broad SMARTS) is 1. The molecule has 0 bridgehead atoms. The lowest BCUT2D eigenvalue weighted by Gasteiger charge is -2.15. The Bertz CT molecular complexity index is 715. The average Bonchev–Trinajstić information content (AvgIpc) is 2.76. The average molecular weight is 303 g/mol. The number of carbonyl (C=O) groups is 2. The van der Waals surface area contributed by atoms with E-state index in [4.69, 9.17) is 4.42 Å². The molecule has 1 heterocycles. The molecule has 0 saturated carbocycles. The summed E-state index contributed by atoms with van der Waals surface area (Å²) in [5.41, 5.74) is 2.34. The number of aryl methyl sites for hydroxylation is 2. The topological polar surface area (TPSA) is 79.5 Å². The Labute approximate surface area is 129 Å². The number of hydrogen-bond acceptors (Lipinski definition) is 3. The number of carbonyl (C=O) groups excluding carboxylic acids is 1. The summed E-state index contributed by atoms with van der Waals surface area (Å²) in [6.45, 7) is 7.54. The molecule has 1 aromatic heterocycles. The van der Waals surface area contributed by atoms with E-state index in [9.17, 15) is 14.7 Å². The zero-order valence-corrected chi connectivity index (χ0v) is 13.3. The van der Waals surface area contributed by atoms with Crippen molar-refractivity contribution in [2.45, 2.75) is 40.2 Å². The van der Waals surface area contributed by atoms with Crippen LogP contribution in [-0.4, -0.2) is 23.0 Å². The molecule has 1 unspecified atom stereocenters. The molecule has 118 valence electrons. The first-order chi connectivity index (χ1) is 10.3. The van der Waals surface area contributed by atoms with E-state index in [1.165, 1.54) is 0 Å². The van der Waals surface area contributed by atoms with E-state index in [-0.39, 0.29) is 11.7 Å². The minimum Gasteiger partial charge on any atom is -0.480 e. The summed E-state index contributed by atoms with van der Waals surface area (Å²) in [7, 11) is 0. The quantitative estimate of drug-likeness (QED) is 0.888. The molecule has 0 aliphatic carbocycles. The largest absolute Gasteiger partial charge is 0.480 e. The first kappa shape index (κ1) is 16.1. The van der Waals surface area contributed by atoms with E-state index in [0.29, 0.717) is 12.0 Å². The molecule has 0 aliphatic heterocycles. The van der Waals surface area contributed by atoms with Crippen LogP contribution >= 0.6 is 0 Å². The summed E-state index contributed by atoms with van der Waals surface area (Å²) >= 11 is 0. The minimum atomic E-state index is -1.04. The molecular weight excluding hydrogens is 282 g/mol. The second-order valence-corrected chi connectivity index (χ2v) is 6.00. The summed E-state index contributed by atoms with van der Waals surface area (Å²) in [4.78, 5) is 23.6. The molecule has 2 aromatic rings. The Kier molecular flexibility index (Phi) is 4.54. The highest BCUT2D eigenvalue weighted by atomic mass is 16.4. The van der Waals surface area contributed by atoms with Crippen molar-refractivity contribution in [1.82, 2.24) is 5.32 Å². The maximum atomic E-state index is 12.4. The van der Waals surface area contributed by atoms with Crippen molar-refractivity contribution in [3.8, 4) is 0 Å². The van der Waals surface area contributed by atoms with Crippen molar-refractivity contribution in [3.63, 3.8) is 0 Å². The first-order valence-electron chi connectivity index (χ1n) is 7.33. The number of nitrogens with one attached hydrogen (secondary N) is 1. The SMILES string of the molecule is Cc1c(C(=O)NC(CC(C)C)C(=O)O)oc2c(C)cccc12. The van der Waals surface area contributed by atoms with Gasteiger partial charge in [0.15, 0.2) is 5.76 Å². The summed E-state index contributed by atoms with van der Waals surface area (Å²) in [5.74, 6) is -1.17. The van der Waals surface area contributed by atoms with Gasteiger partial charge in [-0.25, -0.2) is 4.79 Å². The molecular formula is C17H21NO4. The van der Waals surface area contributed by atoms with Crippen LogP contribution in [0.15, 0.2) is 22.6 Å². The smallest absolute Gasteiger partial charge is 0.326 e. The van der Waals surface area contributed by atoms with Crippen LogP contribution < -0.4 is 5.32 Å². The lowest BCUT2D eigenvalue weighted by Crippen LogP contribution is -2.41. The Morgan fingerprint density at radius 3 is 2.50 bits per heavy atom. The number of benzene rings is 1. The van der Waals surface area contributed by atoms with Gasteiger partial charge in [0.05, 0.1) is 0 Å². The van der Waals surface area contributed by atoms with Gasteiger partial charge in [-0.05, 0) is 31.7 Å². The fraction of sp³-hybridized carbons (Fsp3) is 0.412. The Balaban J connectivity index is 2.31. The van der Waals surface area contributed by atoms with Gasteiger partial charge < -0.3 is 14.8 Å². The third kappa shape index (κ3) is 3.13. The van der Waals surface area contributed by atoms with Gasteiger partial charge in [-0.1, -0.05) is 32.0 Å². The number of hydrogen-bond donors (Lipinski definition) is 2. The lowest BCUT2D eigenvalue weighted by molar-refractivity contribution is -0.139. The number of aliphatic carboxylic acids is 1. The molecule has 0 spiro atoms. The molecule has 5 heteroatoms. The number of rotatable bonds is 5. The first-order valence-corrected chi connectivity index (χ1v) is 7.33. The molecule has 0 radical (unpaired) electrons. The molecule has 1 amide bonds. The van der Waals surface area contributed by atoms with Gasteiger partial charge in [0.2, 0.25) is 0 Å². The van der Waals surface area contributed by atoms with Crippen LogP contribution in [0.3, 0.4) is 0 Å². The normalized spacial score (nSPS) is 12.6. The van der Waals surface area contributed by atoms with Gasteiger partial charge in [-0.15, -0.1) is 0 Å². The second-order valence-electron chi connectivity index (χ2n) is 6.00. The van der Waals surface area contributed by atoms with E-state index >= 15 is 0 Å².